The molecule has 9 nitrogen and oxygen atoms in total. The molecule has 1 amide bonds. The Labute approximate surface area is 496 Å². The number of carbonyl (C=O) groups is 1. The Morgan fingerprint density at radius 2 is 0.700 bits per heavy atom. The number of unbranched alkanes of at least 4 members (excludes halogenated alkanes) is 52. The van der Waals surface area contributed by atoms with Gasteiger partial charge in [0.25, 0.3) is 0 Å². The van der Waals surface area contributed by atoms with Crippen LogP contribution in [0, 0.1) is 0 Å². The molecular weight excluding hydrogens is 995 g/mol. The molecular formula is C71H139NO8. The van der Waals surface area contributed by atoms with E-state index in [1.165, 1.54) is 315 Å². The average molecular weight is 1130 g/mol. The van der Waals surface area contributed by atoms with Crippen molar-refractivity contribution in [2.75, 3.05) is 13.2 Å². The topological polar surface area (TPSA) is 149 Å². The lowest BCUT2D eigenvalue weighted by Gasteiger charge is -2.40. The van der Waals surface area contributed by atoms with Gasteiger partial charge in [-0.05, 0) is 38.5 Å². The minimum Gasteiger partial charge on any atom is -0.394 e. The first-order valence-corrected chi connectivity index (χ1v) is 35.9. The van der Waals surface area contributed by atoms with Gasteiger partial charge in [0, 0.05) is 6.42 Å². The van der Waals surface area contributed by atoms with E-state index in [0.29, 0.717) is 12.8 Å². The summed E-state index contributed by atoms with van der Waals surface area (Å²) in [6.45, 7) is 3.90. The summed E-state index contributed by atoms with van der Waals surface area (Å²) in [7, 11) is 0. The Hall–Kier alpha value is -1.07. The number of hydrogen-bond acceptors (Lipinski definition) is 8. The van der Waals surface area contributed by atoms with Gasteiger partial charge in [0.15, 0.2) is 6.29 Å². The predicted octanol–water partition coefficient (Wildman–Crippen LogP) is 19.5. The van der Waals surface area contributed by atoms with Crippen LogP contribution in [0.5, 0.6) is 0 Å². The first kappa shape index (κ1) is 76.9. The summed E-state index contributed by atoms with van der Waals surface area (Å²) in [5, 5.41) is 54.9. The van der Waals surface area contributed by atoms with Crippen LogP contribution in [-0.4, -0.2) is 87.5 Å². The van der Waals surface area contributed by atoms with Crippen LogP contribution in [0.1, 0.15) is 380 Å². The fourth-order valence-electron chi connectivity index (χ4n) is 12.0. The van der Waals surface area contributed by atoms with Crippen LogP contribution >= 0.6 is 0 Å². The van der Waals surface area contributed by atoms with Crippen molar-refractivity contribution in [3.8, 4) is 0 Å². The lowest BCUT2D eigenvalue weighted by atomic mass is 9.99. The minimum atomic E-state index is -1.55. The monoisotopic (exact) mass is 1130 g/mol. The molecule has 7 atom stereocenters. The van der Waals surface area contributed by atoms with Crippen molar-refractivity contribution < 1.29 is 39.8 Å². The summed E-state index contributed by atoms with van der Waals surface area (Å²) in [4.78, 5) is 13.2. The van der Waals surface area contributed by atoms with Gasteiger partial charge in [-0.2, -0.15) is 0 Å². The second kappa shape index (κ2) is 61.0. The molecule has 1 aliphatic heterocycles. The van der Waals surface area contributed by atoms with E-state index in [4.69, 9.17) is 9.47 Å². The molecule has 1 saturated heterocycles. The fraction of sp³-hybridized carbons (Fsp3) is 0.958. The molecule has 0 saturated carbocycles. The SMILES string of the molecule is CCCCCCCCCC/C=C\CCCCCCCCCCCCCCCCCCCCCCCCCC(=O)NC(COC1OC(CO)C(O)C(O)C1O)C(O)CCCCCCCCCCCCCCCCCCCCCCCC. The minimum absolute atomic E-state index is 0.131. The Morgan fingerprint density at radius 3 is 1.01 bits per heavy atom. The molecule has 9 heteroatoms. The number of aliphatic hydroxyl groups excluding tert-OH is 5. The van der Waals surface area contributed by atoms with E-state index in [2.05, 4.69) is 31.3 Å². The molecule has 1 heterocycles. The molecule has 1 rings (SSSR count). The molecule has 0 aromatic carbocycles. The Balaban J connectivity index is 2.06. The Kier molecular flexibility index (Phi) is 58.7. The first-order chi connectivity index (χ1) is 39.3. The predicted molar refractivity (Wildman–Crippen MR) is 341 cm³/mol. The number of rotatable bonds is 64. The van der Waals surface area contributed by atoms with E-state index in [1.807, 2.05) is 0 Å². The van der Waals surface area contributed by atoms with Gasteiger partial charge in [-0.3, -0.25) is 4.79 Å². The van der Waals surface area contributed by atoms with E-state index < -0.39 is 49.5 Å². The smallest absolute Gasteiger partial charge is 0.220 e. The highest BCUT2D eigenvalue weighted by atomic mass is 16.7. The lowest BCUT2D eigenvalue weighted by Crippen LogP contribution is -2.60. The zero-order chi connectivity index (χ0) is 57.9. The highest BCUT2D eigenvalue weighted by Crippen LogP contribution is 2.24. The number of hydrogen-bond donors (Lipinski definition) is 6. The molecule has 0 bridgehead atoms. The Bertz CT molecular complexity index is 1270. The van der Waals surface area contributed by atoms with E-state index in [-0.39, 0.29) is 12.5 Å². The van der Waals surface area contributed by atoms with Crippen molar-refractivity contribution in [3.63, 3.8) is 0 Å². The summed E-state index contributed by atoms with van der Waals surface area (Å²) in [5.74, 6) is -0.134. The molecule has 0 aromatic heterocycles. The van der Waals surface area contributed by atoms with Gasteiger partial charge in [-0.25, -0.2) is 0 Å². The molecule has 0 aromatic rings. The second-order valence-corrected chi connectivity index (χ2v) is 25.4. The van der Waals surface area contributed by atoms with E-state index in [9.17, 15) is 30.3 Å². The zero-order valence-electron chi connectivity index (χ0n) is 53.4. The van der Waals surface area contributed by atoms with Crippen LogP contribution in [0.15, 0.2) is 12.2 Å². The van der Waals surface area contributed by atoms with Crippen molar-refractivity contribution in [2.24, 2.45) is 0 Å². The van der Waals surface area contributed by atoms with Gasteiger partial charge < -0.3 is 40.3 Å². The van der Waals surface area contributed by atoms with Crippen LogP contribution in [0.2, 0.25) is 0 Å². The molecule has 7 unspecified atom stereocenters. The Morgan fingerprint density at radius 1 is 0.412 bits per heavy atom. The molecule has 80 heavy (non-hydrogen) atoms. The first-order valence-electron chi connectivity index (χ1n) is 35.9. The standard InChI is InChI=1S/C71H139NO8/c1-3-5-7-9-11-13-15-17-19-21-23-25-27-28-29-30-31-32-33-34-35-36-37-38-39-41-43-45-47-49-51-53-55-57-59-61-67(75)72-64(63-79-71-70(78)69(77)68(76)66(62-73)80-71)65(74)60-58-56-54-52-50-48-46-44-42-40-26-24-22-20-18-16-14-12-10-8-6-4-2/h21,23,64-66,68-71,73-74,76-78H,3-20,22,24-63H2,1-2H3,(H,72,75)/b23-21-. The van der Waals surface area contributed by atoms with Gasteiger partial charge in [-0.15, -0.1) is 0 Å². The third-order valence-corrected chi connectivity index (χ3v) is 17.6. The fourth-order valence-corrected chi connectivity index (χ4v) is 12.0. The summed E-state index contributed by atoms with van der Waals surface area (Å²) >= 11 is 0. The van der Waals surface area contributed by atoms with E-state index in [0.717, 1.165) is 38.5 Å². The third-order valence-electron chi connectivity index (χ3n) is 17.6. The van der Waals surface area contributed by atoms with Gasteiger partial charge >= 0.3 is 0 Å². The van der Waals surface area contributed by atoms with Crippen molar-refractivity contribution in [1.29, 1.82) is 0 Å². The second-order valence-electron chi connectivity index (χ2n) is 25.4. The summed E-state index contributed by atoms with van der Waals surface area (Å²) < 4.78 is 11.4. The van der Waals surface area contributed by atoms with Crippen LogP contribution in [0.4, 0.5) is 0 Å². The zero-order valence-corrected chi connectivity index (χ0v) is 53.4. The van der Waals surface area contributed by atoms with Gasteiger partial charge in [0.1, 0.15) is 24.4 Å². The normalized spacial score (nSPS) is 18.4. The molecule has 0 spiro atoms. The highest BCUT2D eigenvalue weighted by molar-refractivity contribution is 5.76. The summed E-state index contributed by atoms with van der Waals surface area (Å²) in [6, 6.07) is -0.716. The maximum Gasteiger partial charge on any atom is 0.220 e. The summed E-state index contributed by atoms with van der Waals surface area (Å²) in [6.07, 6.45) is 71.5. The number of aliphatic hydroxyl groups is 5. The van der Waals surface area contributed by atoms with Crippen LogP contribution in [0.3, 0.4) is 0 Å². The van der Waals surface area contributed by atoms with E-state index >= 15 is 0 Å². The van der Waals surface area contributed by atoms with Crippen LogP contribution in [0.25, 0.3) is 0 Å². The third kappa shape index (κ3) is 49.2. The molecule has 0 radical (unpaired) electrons. The maximum atomic E-state index is 13.2. The molecule has 0 aliphatic carbocycles. The van der Waals surface area contributed by atoms with Gasteiger partial charge in [0.05, 0.1) is 25.4 Å². The lowest BCUT2D eigenvalue weighted by molar-refractivity contribution is -0.302. The van der Waals surface area contributed by atoms with Crippen molar-refractivity contribution in [2.45, 2.75) is 423 Å². The number of amides is 1. The van der Waals surface area contributed by atoms with E-state index in [1.54, 1.807) is 0 Å². The quantitative estimate of drug-likeness (QED) is 0.0261. The number of ether oxygens (including phenoxy) is 2. The van der Waals surface area contributed by atoms with Crippen molar-refractivity contribution in [1.82, 2.24) is 5.32 Å². The number of allylic oxidation sites excluding steroid dienone is 2. The van der Waals surface area contributed by atoms with Crippen LogP contribution in [-0.2, 0) is 14.3 Å². The highest BCUT2D eigenvalue weighted by Gasteiger charge is 2.44. The van der Waals surface area contributed by atoms with Crippen molar-refractivity contribution in [3.05, 3.63) is 12.2 Å². The van der Waals surface area contributed by atoms with Gasteiger partial charge in [-0.1, -0.05) is 347 Å². The molecule has 6 N–H and O–H groups in total. The molecule has 476 valence electrons. The van der Waals surface area contributed by atoms with Gasteiger partial charge in [0.2, 0.25) is 5.91 Å². The largest absolute Gasteiger partial charge is 0.394 e. The van der Waals surface area contributed by atoms with Crippen molar-refractivity contribution >= 4 is 5.91 Å². The average Bonchev–Trinajstić information content (AvgIpc) is 3.46. The number of carbonyl (C=O) groups excluding carboxylic acids is 1. The molecule has 1 aliphatic rings. The summed E-state index contributed by atoms with van der Waals surface area (Å²) in [5.41, 5.74) is 0. The number of nitrogens with one attached hydrogen (secondary N) is 1. The molecule has 1 fully saturated rings. The maximum absolute atomic E-state index is 13.2. The van der Waals surface area contributed by atoms with Crippen LogP contribution < -0.4 is 5.32 Å².